The summed E-state index contributed by atoms with van der Waals surface area (Å²) in [5.41, 5.74) is -0.766. The van der Waals surface area contributed by atoms with Gasteiger partial charge < -0.3 is 18.9 Å². The third-order valence-electron chi connectivity index (χ3n) is 4.76. The van der Waals surface area contributed by atoms with Crippen molar-refractivity contribution >= 4 is 58.2 Å². The number of anilines is 1. The summed E-state index contributed by atoms with van der Waals surface area (Å²) in [5.74, 6) is -0.637. The minimum absolute atomic E-state index is 0.0131. The van der Waals surface area contributed by atoms with Gasteiger partial charge in [-0.1, -0.05) is 18.2 Å². The zero-order valence-electron chi connectivity index (χ0n) is 19.1. The predicted octanol–water partition coefficient (Wildman–Crippen LogP) is 2.97. The Morgan fingerprint density at radius 2 is 1.80 bits per heavy atom. The molecule has 0 spiro atoms. The Kier molecular flexibility index (Phi) is 9.51. The van der Waals surface area contributed by atoms with E-state index in [-0.39, 0.29) is 12.4 Å². The Morgan fingerprint density at radius 1 is 1.14 bits per heavy atom. The summed E-state index contributed by atoms with van der Waals surface area (Å²) in [5, 5.41) is 2.46. The van der Waals surface area contributed by atoms with Crippen LogP contribution in [0.2, 0.25) is 0 Å². The average molecular weight is 617 g/mol. The normalized spacial score (nSPS) is 21.3. The highest BCUT2D eigenvalue weighted by molar-refractivity contribution is 14.1. The van der Waals surface area contributed by atoms with Gasteiger partial charge >= 0.3 is 23.7 Å². The van der Waals surface area contributed by atoms with Crippen LogP contribution in [0.25, 0.3) is 0 Å². The van der Waals surface area contributed by atoms with E-state index in [1.165, 1.54) is 20.0 Å². The monoisotopic (exact) mass is 617 g/mol. The van der Waals surface area contributed by atoms with Crippen molar-refractivity contribution in [3.8, 4) is 0 Å². The molecule has 3 rings (SSSR count). The van der Waals surface area contributed by atoms with Crippen LogP contribution in [-0.4, -0.2) is 58.3 Å². The number of benzene rings is 1. The molecule has 0 unspecified atom stereocenters. The van der Waals surface area contributed by atoms with Crippen LogP contribution in [0.1, 0.15) is 27.0 Å². The second-order valence-electron chi connectivity index (χ2n) is 7.43. The van der Waals surface area contributed by atoms with Crippen molar-refractivity contribution in [3.05, 3.63) is 50.6 Å². The molecule has 2 aromatic rings. The van der Waals surface area contributed by atoms with Crippen molar-refractivity contribution in [2.24, 2.45) is 0 Å². The molecule has 1 aromatic carbocycles. The molecule has 1 saturated heterocycles. The topological polar surface area (TPSA) is 135 Å². The second-order valence-corrected chi connectivity index (χ2v) is 9.76. The van der Waals surface area contributed by atoms with Gasteiger partial charge in [-0.2, -0.15) is 4.98 Å². The SMILES string of the molecule is CC(=O)O[C@@H]1[C@H](OC(C)=O)[C@@H](C)O[C@H]1n1cc(I)c(NC(=O)OCCSc2ccccc2)nc1=O. The van der Waals surface area contributed by atoms with Gasteiger partial charge in [0, 0.05) is 30.7 Å². The Morgan fingerprint density at radius 3 is 2.46 bits per heavy atom. The molecule has 1 aromatic heterocycles. The molecule has 0 bridgehead atoms. The molecule has 13 heteroatoms. The van der Waals surface area contributed by atoms with Crippen molar-refractivity contribution in [2.75, 3.05) is 17.7 Å². The lowest BCUT2D eigenvalue weighted by Gasteiger charge is -2.23. The Bertz CT molecular complexity index is 1130. The fourth-order valence-electron chi connectivity index (χ4n) is 3.36. The molecule has 1 N–H and O–H groups in total. The minimum Gasteiger partial charge on any atom is -0.456 e. The van der Waals surface area contributed by atoms with E-state index in [2.05, 4.69) is 10.3 Å². The van der Waals surface area contributed by atoms with Crippen molar-refractivity contribution in [2.45, 2.75) is 50.2 Å². The molecule has 0 radical (unpaired) electrons. The molecular formula is C22H24IN3O8S. The number of amides is 1. The van der Waals surface area contributed by atoms with E-state index in [1.54, 1.807) is 18.7 Å². The zero-order chi connectivity index (χ0) is 25.5. The van der Waals surface area contributed by atoms with E-state index in [0.29, 0.717) is 9.32 Å². The number of aromatic nitrogens is 2. The highest BCUT2D eigenvalue weighted by atomic mass is 127. The summed E-state index contributed by atoms with van der Waals surface area (Å²) >= 11 is 3.43. The van der Waals surface area contributed by atoms with Crippen LogP contribution in [0.3, 0.4) is 0 Å². The zero-order valence-corrected chi connectivity index (χ0v) is 22.1. The average Bonchev–Trinajstić information content (AvgIpc) is 3.08. The molecule has 2 heterocycles. The summed E-state index contributed by atoms with van der Waals surface area (Å²) < 4.78 is 23.1. The first kappa shape index (κ1) is 26.9. The molecule has 0 aliphatic carbocycles. The number of carbonyl (C=O) groups excluding carboxylic acids is 3. The third kappa shape index (κ3) is 7.41. The maximum Gasteiger partial charge on any atom is 0.412 e. The van der Waals surface area contributed by atoms with Crippen molar-refractivity contribution in [1.29, 1.82) is 0 Å². The number of thioether (sulfide) groups is 1. The van der Waals surface area contributed by atoms with Crippen LogP contribution in [0.15, 0.2) is 46.2 Å². The molecule has 11 nitrogen and oxygen atoms in total. The van der Waals surface area contributed by atoms with Gasteiger partial charge in [-0.25, -0.2) is 9.59 Å². The number of halogens is 1. The van der Waals surface area contributed by atoms with Crippen LogP contribution in [0.4, 0.5) is 10.6 Å². The molecule has 1 aliphatic rings. The molecule has 1 aliphatic heterocycles. The molecule has 4 atom stereocenters. The van der Waals surface area contributed by atoms with Gasteiger partial charge in [0.25, 0.3) is 0 Å². The molecule has 0 saturated carbocycles. The van der Waals surface area contributed by atoms with E-state index in [4.69, 9.17) is 18.9 Å². The summed E-state index contributed by atoms with van der Waals surface area (Å²) in [7, 11) is 0. The van der Waals surface area contributed by atoms with E-state index in [0.717, 1.165) is 9.46 Å². The van der Waals surface area contributed by atoms with E-state index in [1.807, 2.05) is 52.9 Å². The summed E-state index contributed by atoms with van der Waals surface area (Å²) in [6.45, 7) is 4.22. The van der Waals surface area contributed by atoms with E-state index in [9.17, 15) is 19.2 Å². The summed E-state index contributed by atoms with van der Waals surface area (Å²) in [6, 6.07) is 9.69. The quantitative estimate of drug-likeness (QED) is 0.155. The largest absolute Gasteiger partial charge is 0.456 e. The van der Waals surface area contributed by atoms with Crippen LogP contribution in [-0.2, 0) is 28.5 Å². The van der Waals surface area contributed by atoms with Gasteiger partial charge in [-0.05, 0) is 41.6 Å². The highest BCUT2D eigenvalue weighted by Gasteiger charge is 2.48. The molecule has 188 valence electrons. The van der Waals surface area contributed by atoms with Gasteiger partial charge in [0.2, 0.25) is 0 Å². The summed E-state index contributed by atoms with van der Waals surface area (Å²) in [6.07, 6.45) is -3.05. The van der Waals surface area contributed by atoms with Gasteiger partial charge in [-0.15, -0.1) is 11.8 Å². The number of esters is 2. The fourth-order valence-corrected chi connectivity index (χ4v) is 4.67. The molecule has 35 heavy (non-hydrogen) atoms. The number of hydrogen-bond acceptors (Lipinski definition) is 10. The van der Waals surface area contributed by atoms with Crippen LogP contribution < -0.4 is 11.0 Å². The van der Waals surface area contributed by atoms with Crippen molar-refractivity contribution < 1.29 is 33.3 Å². The fraction of sp³-hybridized carbons (Fsp3) is 0.409. The van der Waals surface area contributed by atoms with Gasteiger partial charge in [0.15, 0.2) is 24.3 Å². The third-order valence-corrected chi connectivity index (χ3v) is 6.52. The number of nitrogens with one attached hydrogen (secondary N) is 1. The Balaban J connectivity index is 1.67. The van der Waals surface area contributed by atoms with Crippen LogP contribution in [0, 0.1) is 3.57 Å². The maximum absolute atomic E-state index is 12.8. The Hall–Kier alpha value is -2.65. The smallest absolute Gasteiger partial charge is 0.412 e. The predicted molar refractivity (Wildman–Crippen MR) is 134 cm³/mol. The number of ether oxygens (including phenoxy) is 4. The Labute approximate surface area is 219 Å². The van der Waals surface area contributed by atoms with Crippen LogP contribution in [0.5, 0.6) is 0 Å². The highest BCUT2D eigenvalue weighted by Crippen LogP contribution is 2.33. The van der Waals surface area contributed by atoms with E-state index < -0.39 is 48.3 Å². The van der Waals surface area contributed by atoms with E-state index >= 15 is 0 Å². The van der Waals surface area contributed by atoms with Crippen molar-refractivity contribution in [1.82, 2.24) is 9.55 Å². The number of carbonyl (C=O) groups is 3. The number of rotatable bonds is 8. The minimum atomic E-state index is -1.08. The lowest BCUT2D eigenvalue weighted by Crippen LogP contribution is -2.40. The van der Waals surface area contributed by atoms with Gasteiger partial charge in [0.1, 0.15) is 6.61 Å². The molecular weight excluding hydrogens is 593 g/mol. The lowest BCUT2D eigenvalue weighted by molar-refractivity contribution is -0.165. The number of hydrogen-bond donors (Lipinski definition) is 1. The van der Waals surface area contributed by atoms with Gasteiger partial charge in [0.05, 0.1) is 9.67 Å². The van der Waals surface area contributed by atoms with Crippen molar-refractivity contribution in [3.63, 3.8) is 0 Å². The molecule has 1 amide bonds. The maximum atomic E-state index is 12.8. The first-order chi connectivity index (χ1) is 16.7. The summed E-state index contributed by atoms with van der Waals surface area (Å²) in [4.78, 5) is 53.1. The first-order valence-corrected chi connectivity index (χ1v) is 12.6. The molecule has 1 fully saturated rings. The number of nitrogens with zero attached hydrogens (tertiary/aromatic N) is 2. The van der Waals surface area contributed by atoms with Gasteiger partial charge in [-0.3, -0.25) is 19.5 Å². The standard InChI is InChI=1S/C22H24IN3O8S/c1-12-17(33-13(2)27)18(34-14(3)28)20(32-12)26-11-16(23)19(24-21(26)29)25-22(30)31-9-10-35-15-7-5-4-6-8-15/h4-8,11-12,17-18,20H,9-10H2,1-3H3,(H,24,25,29,30)/t12-,17-,18-,20-/m1/s1. The first-order valence-electron chi connectivity index (χ1n) is 10.6. The van der Waals surface area contributed by atoms with Crippen LogP contribution >= 0.6 is 34.4 Å². The lowest BCUT2D eigenvalue weighted by atomic mass is 10.1. The second kappa shape index (κ2) is 12.4.